The predicted molar refractivity (Wildman–Crippen MR) is 88.6 cm³/mol. The van der Waals surface area contributed by atoms with Crippen LogP contribution < -0.4 is 5.32 Å². The standard InChI is InChI=1S/C16H16ClN5O/c1-10-19-9-12(17)15(20-10)16(23)18-7-8-22-11(2)21-13-5-3-4-6-14(13)22/h3-6,9H,7-8H2,1-2H3,(H,18,23). The van der Waals surface area contributed by atoms with Crippen molar-refractivity contribution in [2.75, 3.05) is 6.54 Å². The summed E-state index contributed by atoms with van der Waals surface area (Å²) < 4.78 is 2.07. The second-order valence-electron chi connectivity index (χ2n) is 5.17. The monoisotopic (exact) mass is 329 g/mol. The molecule has 3 rings (SSSR count). The molecule has 0 saturated carbocycles. The zero-order chi connectivity index (χ0) is 16.4. The van der Waals surface area contributed by atoms with Crippen molar-refractivity contribution in [1.82, 2.24) is 24.8 Å². The Hall–Kier alpha value is -2.47. The largest absolute Gasteiger partial charge is 0.349 e. The van der Waals surface area contributed by atoms with Crippen molar-refractivity contribution in [3.63, 3.8) is 0 Å². The SMILES string of the molecule is Cc1ncc(Cl)c(C(=O)NCCn2c(C)nc3ccccc32)n1. The molecule has 0 aliphatic heterocycles. The number of para-hydroxylation sites is 2. The molecule has 0 atom stereocenters. The van der Waals surface area contributed by atoms with Gasteiger partial charge >= 0.3 is 0 Å². The average molecular weight is 330 g/mol. The van der Waals surface area contributed by atoms with Gasteiger partial charge in [-0.15, -0.1) is 0 Å². The lowest BCUT2D eigenvalue weighted by atomic mass is 10.3. The zero-order valence-electron chi connectivity index (χ0n) is 12.9. The highest BCUT2D eigenvalue weighted by Crippen LogP contribution is 2.15. The molecule has 0 bridgehead atoms. The maximum Gasteiger partial charge on any atom is 0.271 e. The Morgan fingerprint density at radius 1 is 1.26 bits per heavy atom. The van der Waals surface area contributed by atoms with Crippen molar-refractivity contribution < 1.29 is 4.79 Å². The van der Waals surface area contributed by atoms with Gasteiger partial charge in [0, 0.05) is 13.1 Å². The molecule has 0 unspecified atom stereocenters. The third-order valence-corrected chi connectivity index (χ3v) is 3.82. The summed E-state index contributed by atoms with van der Waals surface area (Å²) in [4.78, 5) is 24.7. The number of fused-ring (bicyclic) bond motifs is 1. The highest BCUT2D eigenvalue weighted by Gasteiger charge is 2.13. The zero-order valence-corrected chi connectivity index (χ0v) is 13.6. The number of hydrogen-bond acceptors (Lipinski definition) is 4. The molecule has 2 aromatic heterocycles. The molecule has 0 aliphatic rings. The number of nitrogens with zero attached hydrogens (tertiary/aromatic N) is 4. The van der Waals surface area contributed by atoms with Crippen LogP contribution in [0.1, 0.15) is 22.1 Å². The number of hydrogen-bond donors (Lipinski definition) is 1. The van der Waals surface area contributed by atoms with Crippen LogP contribution in [-0.2, 0) is 6.54 Å². The van der Waals surface area contributed by atoms with Crippen LogP contribution >= 0.6 is 11.6 Å². The molecule has 1 aromatic carbocycles. The summed E-state index contributed by atoms with van der Waals surface area (Å²) in [6.07, 6.45) is 1.44. The Bertz CT molecular complexity index is 874. The quantitative estimate of drug-likeness (QED) is 0.798. The smallest absolute Gasteiger partial charge is 0.271 e. The molecule has 1 amide bonds. The van der Waals surface area contributed by atoms with Crippen LogP contribution in [0.3, 0.4) is 0 Å². The molecule has 0 spiro atoms. The normalized spacial score (nSPS) is 10.9. The number of benzene rings is 1. The van der Waals surface area contributed by atoms with E-state index < -0.39 is 0 Å². The summed E-state index contributed by atoms with van der Waals surface area (Å²) in [6.45, 7) is 4.75. The summed E-state index contributed by atoms with van der Waals surface area (Å²) in [6, 6.07) is 7.92. The topological polar surface area (TPSA) is 72.7 Å². The Labute approximate surface area is 138 Å². The number of amides is 1. The van der Waals surface area contributed by atoms with E-state index in [0.717, 1.165) is 16.9 Å². The van der Waals surface area contributed by atoms with E-state index in [-0.39, 0.29) is 16.6 Å². The number of imidazole rings is 1. The molecule has 3 aromatic rings. The molecular formula is C16H16ClN5O. The van der Waals surface area contributed by atoms with Gasteiger partial charge in [-0.1, -0.05) is 23.7 Å². The first-order valence-corrected chi connectivity index (χ1v) is 7.63. The number of aromatic nitrogens is 4. The first-order valence-electron chi connectivity index (χ1n) is 7.25. The van der Waals surface area contributed by atoms with Crippen molar-refractivity contribution in [1.29, 1.82) is 0 Å². The third kappa shape index (κ3) is 3.17. The lowest BCUT2D eigenvalue weighted by molar-refractivity contribution is 0.0947. The number of aryl methyl sites for hydroxylation is 2. The number of halogens is 1. The van der Waals surface area contributed by atoms with Crippen LogP contribution in [0.2, 0.25) is 5.02 Å². The van der Waals surface area contributed by atoms with E-state index in [1.807, 2.05) is 31.2 Å². The van der Waals surface area contributed by atoms with Gasteiger partial charge in [0.25, 0.3) is 5.91 Å². The second-order valence-corrected chi connectivity index (χ2v) is 5.58. The molecule has 23 heavy (non-hydrogen) atoms. The maximum atomic E-state index is 12.2. The van der Waals surface area contributed by atoms with Gasteiger partial charge in [0.2, 0.25) is 0 Å². The highest BCUT2D eigenvalue weighted by molar-refractivity contribution is 6.33. The van der Waals surface area contributed by atoms with E-state index >= 15 is 0 Å². The molecule has 118 valence electrons. The van der Waals surface area contributed by atoms with Crippen molar-refractivity contribution >= 4 is 28.5 Å². The van der Waals surface area contributed by atoms with Crippen LogP contribution in [0.25, 0.3) is 11.0 Å². The molecule has 0 fully saturated rings. The van der Waals surface area contributed by atoms with E-state index in [2.05, 4.69) is 24.8 Å². The lowest BCUT2D eigenvalue weighted by Gasteiger charge is -2.09. The average Bonchev–Trinajstić information content (AvgIpc) is 2.85. The summed E-state index contributed by atoms with van der Waals surface area (Å²) in [5, 5.41) is 3.08. The summed E-state index contributed by atoms with van der Waals surface area (Å²) in [7, 11) is 0. The van der Waals surface area contributed by atoms with E-state index in [9.17, 15) is 4.79 Å². The van der Waals surface area contributed by atoms with Crippen molar-refractivity contribution in [2.45, 2.75) is 20.4 Å². The number of carbonyl (C=O) groups is 1. The van der Waals surface area contributed by atoms with E-state index in [4.69, 9.17) is 11.6 Å². The van der Waals surface area contributed by atoms with Gasteiger partial charge in [0.15, 0.2) is 0 Å². The van der Waals surface area contributed by atoms with Crippen molar-refractivity contribution in [3.8, 4) is 0 Å². The number of carbonyl (C=O) groups excluding carboxylic acids is 1. The van der Waals surface area contributed by atoms with Gasteiger partial charge < -0.3 is 9.88 Å². The molecule has 0 radical (unpaired) electrons. The Kier molecular flexibility index (Phi) is 4.25. The van der Waals surface area contributed by atoms with Crippen LogP contribution in [0, 0.1) is 13.8 Å². The summed E-state index contributed by atoms with van der Waals surface area (Å²) in [5.74, 6) is 1.12. The fraction of sp³-hybridized carbons (Fsp3) is 0.250. The van der Waals surface area contributed by atoms with Gasteiger partial charge in [-0.2, -0.15) is 0 Å². The van der Waals surface area contributed by atoms with E-state index in [1.165, 1.54) is 6.20 Å². The lowest BCUT2D eigenvalue weighted by Crippen LogP contribution is -2.28. The Morgan fingerprint density at radius 3 is 2.87 bits per heavy atom. The fourth-order valence-corrected chi connectivity index (χ4v) is 2.63. The molecular weight excluding hydrogens is 314 g/mol. The first kappa shape index (κ1) is 15.4. The van der Waals surface area contributed by atoms with Gasteiger partial charge in [-0.3, -0.25) is 4.79 Å². The molecule has 1 N–H and O–H groups in total. The number of rotatable bonds is 4. The van der Waals surface area contributed by atoms with Gasteiger partial charge in [0.1, 0.15) is 17.3 Å². The van der Waals surface area contributed by atoms with E-state index in [1.54, 1.807) is 6.92 Å². The minimum Gasteiger partial charge on any atom is -0.349 e. The highest BCUT2D eigenvalue weighted by atomic mass is 35.5. The summed E-state index contributed by atoms with van der Waals surface area (Å²) in [5.41, 5.74) is 2.20. The third-order valence-electron chi connectivity index (χ3n) is 3.55. The molecule has 2 heterocycles. The fourth-order valence-electron chi connectivity index (χ4n) is 2.46. The molecule has 7 heteroatoms. The van der Waals surface area contributed by atoms with Gasteiger partial charge in [-0.25, -0.2) is 15.0 Å². The van der Waals surface area contributed by atoms with Crippen LogP contribution in [0.15, 0.2) is 30.5 Å². The molecule has 0 aliphatic carbocycles. The first-order chi connectivity index (χ1) is 11.1. The van der Waals surface area contributed by atoms with Crippen molar-refractivity contribution in [2.24, 2.45) is 0 Å². The van der Waals surface area contributed by atoms with Crippen LogP contribution in [-0.4, -0.2) is 32.0 Å². The minimum atomic E-state index is -0.303. The molecule has 0 saturated heterocycles. The minimum absolute atomic E-state index is 0.200. The van der Waals surface area contributed by atoms with Crippen molar-refractivity contribution in [3.05, 3.63) is 52.8 Å². The number of nitrogens with one attached hydrogen (secondary N) is 1. The summed E-state index contributed by atoms with van der Waals surface area (Å²) >= 11 is 5.97. The van der Waals surface area contributed by atoms with Gasteiger partial charge in [-0.05, 0) is 26.0 Å². The Balaban J connectivity index is 1.70. The van der Waals surface area contributed by atoms with E-state index in [0.29, 0.717) is 18.9 Å². The van der Waals surface area contributed by atoms with Gasteiger partial charge in [0.05, 0.1) is 22.3 Å². The second kappa shape index (κ2) is 6.34. The van der Waals surface area contributed by atoms with Crippen LogP contribution in [0.4, 0.5) is 0 Å². The van der Waals surface area contributed by atoms with Crippen LogP contribution in [0.5, 0.6) is 0 Å². The molecule has 6 nitrogen and oxygen atoms in total. The Morgan fingerprint density at radius 2 is 2.04 bits per heavy atom. The predicted octanol–water partition coefficient (Wildman–Crippen LogP) is 2.53. The maximum absolute atomic E-state index is 12.2.